The Morgan fingerprint density at radius 3 is 2.91 bits per heavy atom. The van der Waals surface area contributed by atoms with Gasteiger partial charge in [0.05, 0.1) is 16.4 Å². The number of nitrogens with zero attached hydrogens (tertiary/aromatic N) is 1. The van der Waals surface area contributed by atoms with Crippen molar-refractivity contribution in [2.45, 2.75) is 6.92 Å². The summed E-state index contributed by atoms with van der Waals surface area (Å²) in [6.07, 6.45) is 1.50. The highest BCUT2D eigenvalue weighted by Crippen LogP contribution is 2.32. The molecule has 0 heterocycles. The molecule has 7 heteroatoms. The molecule has 0 saturated carbocycles. The van der Waals surface area contributed by atoms with Crippen LogP contribution in [0.15, 0.2) is 46.0 Å². The number of hydrazone groups is 1. The third-order valence-corrected chi connectivity index (χ3v) is 4.13. The number of nitrogens with one attached hydrogen (secondary N) is 1. The van der Waals surface area contributed by atoms with Crippen molar-refractivity contribution in [3.8, 4) is 11.5 Å². The van der Waals surface area contributed by atoms with Crippen LogP contribution in [0.1, 0.15) is 22.8 Å². The number of benzene rings is 2. The molecule has 2 aromatic rings. The van der Waals surface area contributed by atoms with E-state index in [1.807, 2.05) is 35.6 Å². The zero-order valence-electron chi connectivity index (χ0n) is 12.2. The number of carbonyl (C=O) groups is 1. The van der Waals surface area contributed by atoms with Gasteiger partial charge in [-0.05, 0) is 65.4 Å². The van der Waals surface area contributed by atoms with Crippen molar-refractivity contribution in [3.05, 3.63) is 55.6 Å². The maximum atomic E-state index is 12.0. The van der Waals surface area contributed by atoms with Gasteiger partial charge in [0, 0.05) is 10.0 Å². The smallest absolute Gasteiger partial charge is 0.271 e. The summed E-state index contributed by atoms with van der Waals surface area (Å²) in [5, 5.41) is 13.8. The van der Waals surface area contributed by atoms with Crippen LogP contribution in [0.4, 0.5) is 0 Å². The molecule has 0 unspecified atom stereocenters. The van der Waals surface area contributed by atoms with Crippen molar-refractivity contribution in [1.29, 1.82) is 0 Å². The molecule has 0 aliphatic heterocycles. The maximum absolute atomic E-state index is 12.0. The summed E-state index contributed by atoms with van der Waals surface area (Å²) in [5.74, 6) is 0.183. The van der Waals surface area contributed by atoms with Gasteiger partial charge in [-0.15, -0.1) is 0 Å². The largest absolute Gasteiger partial charge is 0.504 e. The Morgan fingerprint density at radius 1 is 1.43 bits per heavy atom. The van der Waals surface area contributed by atoms with Gasteiger partial charge in [-0.25, -0.2) is 5.43 Å². The molecule has 0 radical (unpaired) electrons. The Morgan fingerprint density at radius 2 is 2.22 bits per heavy atom. The van der Waals surface area contributed by atoms with Crippen molar-refractivity contribution < 1.29 is 14.6 Å². The summed E-state index contributed by atoms with van der Waals surface area (Å²) in [6.45, 7) is 2.29. The second-order valence-electron chi connectivity index (χ2n) is 4.49. The van der Waals surface area contributed by atoms with Crippen LogP contribution in [0.5, 0.6) is 11.5 Å². The summed E-state index contributed by atoms with van der Waals surface area (Å²) >= 11 is 5.32. The Bertz CT molecular complexity index is 750. The molecule has 2 rings (SSSR count). The predicted molar refractivity (Wildman–Crippen MR) is 101 cm³/mol. The molecule has 0 aromatic heterocycles. The van der Waals surface area contributed by atoms with Crippen molar-refractivity contribution >= 4 is 50.6 Å². The molecule has 0 fully saturated rings. The zero-order chi connectivity index (χ0) is 16.8. The third-order valence-electron chi connectivity index (χ3n) is 2.82. The molecule has 0 atom stereocenters. The van der Waals surface area contributed by atoms with E-state index < -0.39 is 0 Å². The molecule has 1 amide bonds. The first-order chi connectivity index (χ1) is 11.0. The fourth-order valence-electron chi connectivity index (χ4n) is 1.79. The summed E-state index contributed by atoms with van der Waals surface area (Å²) in [7, 11) is 0. The van der Waals surface area contributed by atoms with Crippen LogP contribution in [0.2, 0.25) is 0 Å². The minimum Gasteiger partial charge on any atom is -0.504 e. The number of rotatable bonds is 5. The number of hydrogen-bond acceptors (Lipinski definition) is 4. The van der Waals surface area contributed by atoms with Crippen LogP contribution in [0, 0.1) is 3.57 Å². The van der Waals surface area contributed by atoms with Gasteiger partial charge in [-0.3, -0.25) is 4.79 Å². The van der Waals surface area contributed by atoms with Crippen LogP contribution >= 0.6 is 38.5 Å². The predicted octanol–water partition coefficient (Wildman–Crippen LogP) is 3.92. The monoisotopic (exact) mass is 488 g/mol. The zero-order valence-corrected chi connectivity index (χ0v) is 16.0. The lowest BCUT2D eigenvalue weighted by molar-refractivity contribution is 0.0955. The van der Waals surface area contributed by atoms with Gasteiger partial charge in [-0.1, -0.05) is 22.0 Å². The standard InChI is InChI=1S/C16H14BrIN2O3/c1-2-23-14-7-10(6-13(18)15(14)21)9-19-20-16(22)11-4-3-5-12(17)8-11/h3-9,21H,2H2,1H3,(H,20,22). The Labute approximate surface area is 156 Å². The van der Waals surface area contributed by atoms with E-state index >= 15 is 0 Å². The molecule has 5 nitrogen and oxygen atoms in total. The number of amides is 1. The summed E-state index contributed by atoms with van der Waals surface area (Å²) in [5.41, 5.74) is 3.68. The molecule has 2 aromatic carbocycles. The van der Waals surface area contributed by atoms with E-state index in [0.29, 0.717) is 27.1 Å². The first-order valence-electron chi connectivity index (χ1n) is 6.75. The molecule has 120 valence electrons. The van der Waals surface area contributed by atoms with Crippen LogP contribution < -0.4 is 10.2 Å². The highest BCUT2D eigenvalue weighted by molar-refractivity contribution is 14.1. The fourth-order valence-corrected chi connectivity index (χ4v) is 2.82. The number of aromatic hydroxyl groups is 1. The molecule has 2 N–H and O–H groups in total. The van der Waals surface area contributed by atoms with E-state index in [2.05, 4.69) is 26.5 Å². The number of carbonyl (C=O) groups excluding carboxylic acids is 1. The average Bonchev–Trinajstić information content (AvgIpc) is 2.52. The lowest BCUT2D eigenvalue weighted by atomic mass is 10.2. The van der Waals surface area contributed by atoms with E-state index in [9.17, 15) is 9.90 Å². The molecule has 0 saturated heterocycles. The van der Waals surface area contributed by atoms with Gasteiger partial charge >= 0.3 is 0 Å². The molecule has 23 heavy (non-hydrogen) atoms. The van der Waals surface area contributed by atoms with Gasteiger partial charge in [0.2, 0.25) is 0 Å². The lowest BCUT2D eigenvalue weighted by Gasteiger charge is -2.08. The van der Waals surface area contributed by atoms with E-state index in [1.54, 1.807) is 30.3 Å². The minimum atomic E-state index is -0.305. The summed E-state index contributed by atoms with van der Waals surface area (Å²) in [4.78, 5) is 12.0. The lowest BCUT2D eigenvalue weighted by Crippen LogP contribution is -2.17. The second-order valence-corrected chi connectivity index (χ2v) is 6.57. The third kappa shape index (κ3) is 4.93. The van der Waals surface area contributed by atoms with Crippen molar-refractivity contribution in [3.63, 3.8) is 0 Å². The van der Waals surface area contributed by atoms with Crippen molar-refractivity contribution in [1.82, 2.24) is 5.43 Å². The second kappa shape index (κ2) is 8.30. The topological polar surface area (TPSA) is 70.9 Å². The number of phenols is 1. The number of hydrogen-bond donors (Lipinski definition) is 2. The van der Waals surface area contributed by atoms with E-state index in [0.717, 1.165) is 4.47 Å². The van der Waals surface area contributed by atoms with Gasteiger partial charge in [0.25, 0.3) is 5.91 Å². The van der Waals surface area contributed by atoms with Crippen molar-refractivity contribution in [2.75, 3.05) is 6.61 Å². The van der Waals surface area contributed by atoms with Crippen LogP contribution in [0.25, 0.3) is 0 Å². The molecular formula is C16H14BrIN2O3. The van der Waals surface area contributed by atoms with Crippen LogP contribution in [-0.2, 0) is 0 Å². The van der Waals surface area contributed by atoms with Gasteiger partial charge < -0.3 is 9.84 Å². The highest BCUT2D eigenvalue weighted by Gasteiger charge is 2.08. The highest BCUT2D eigenvalue weighted by atomic mass is 127. The summed E-state index contributed by atoms with van der Waals surface area (Å²) in [6, 6.07) is 10.4. The quantitative estimate of drug-likeness (QED) is 0.380. The van der Waals surface area contributed by atoms with Crippen LogP contribution in [-0.4, -0.2) is 23.8 Å². The SMILES string of the molecule is CCOc1cc(C=NNC(=O)c2cccc(Br)c2)cc(I)c1O. The maximum Gasteiger partial charge on any atom is 0.271 e. The number of phenolic OH excluding ortho intramolecular Hbond substituents is 1. The van der Waals surface area contributed by atoms with Gasteiger partial charge in [0.1, 0.15) is 0 Å². The Balaban J connectivity index is 2.10. The Hall–Kier alpha value is -1.61. The minimum absolute atomic E-state index is 0.0998. The fraction of sp³-hybridized carbons (Fsp3) is 0.125. The summed E-state index contributed by atoms with van der Waals surface area (Å²) < 4.78 is 6.83. The Kier molecular flexibility index (Phi) is 6.40. The molecular weight excluding hydrogens is 475 g/mol. The number of halogens is 2. The molecule has 0 aliphatic carbocycles. The molecule has 0 spiro atoms. The normalized spacial score (nSPS) is 10.7. The molecule has 0 aliphatic rings. The van der Waals surface area contributed by atoms with Crippen molar-refractivity contribution in [2.24, 2.45) is 5.10 Å². The van der Waals surface area contributed by atoms with Crippen LogP contribution in [0.3, 0.4) is 0 Å². The van der Waals surface area contributed by atoms with E-state index in [-0.39, 0.29) is 11.7 Å². The van der Waals surface area contributed by atoms with E-state index in [1.165, 1.54) is 6.21 Å². The molecule has 0 bridgehead atoms. The van der Waals surface area contributed by atoms with Gasteiger partial charge in [0.15, 0.2) is 11.5 Å². The first-order valence-corrected chi connectivity index (χ1v) is 8.62. The average molecular weight is 489 g/mol. The van der Waals surface area contributed by atoms with E-state index in [4.69, 9.17) is 4.74 Å². The first kappa shape index (κ1) is 17.7. The van der Waals surface area contributed by atoms with Gasteiger partial charge in [-0.2, -0.15) is 5.10 Å². The number of ether oxygens (including phenoxy) is 1.